The summed E-state index contributed by atoms with van der Waals surface area (Å²) in [5, 5.41) is 3.50. The van der Waals surface area contributed by atoms with Crippen LogP contribution in [0.4, 0.5) is 14.9 Å². The van der Waals surface area contributed by atoms with Crippen LogP contribution in [0.1, 0.15) is 24.7 Å². The molecule has 1 atom stereocenters. The zero-order chi connectivity index (χ0) is 21.3. The standard InChI is InChI=1S/C22H24FN5O2/c1-4-20-24-11-15-8-14(10-25-21(15)27-20)17-9-19(18(23)7-13(17)2)26-22(29)28-6-5-16(12-28)30-3/h7-11,16H,4-6,12H2,1-3H3,(H,26,29)/t16-/m0/s1. The summed E-state index contributed by atoms with van der Waals surface area (Å²) < 4.78 is 19.9. The van der Waals surface area contributed by atoms with Gasteiger partial charge in [0.1, 0.15) is 11.6 Å². The second kappa shape index (κ2) is 8.31. The molecule has 3 aromatic rings. The fourth-order valence-electron chi connectivity index (χ4n) is 3.65. The van der Waals surface area contributed by atoms with E-state index in [0.717, 1.165) is 40.7 Å². The topological polar surface area (TPSA) is 80.2 Å². The Kier molecular flexibility index (Phi) is 5.59. The zero-order valence-electron chi connectivity index (χ0n) is 17.3. The van der Waals surface area contributed by atoms with Crippen LogP contribution in [-0.4, -0.2) is 52.2 Å². The van der Waals surface area contributed by atoms with E-state index in [-0.39, 0.29) is 17.8 Å². The van der Waals surface area contributed by atoms with Gasteiger partial charge in [-0.05, 0) is 42.7 Å². The molecule has 1 N–H and O–H groups in total. The van der Waals surface area contributed by atoms with Crippen molar-refractivity contribution in [2.45, 2.75) is 32.8 Å². The first-order valence-corrected chi connectivity index (χ1v) is 9.99. The lowest BCUT2D eigenvalue weighted by Crippen LogP contribution is -2.34. The number of aromatic nitrogens is 3. The molecule has 1 saturated heterocycles. The minimum Gasteiger partial charge on any atom is -0.380 e. The molecule has 8 heteroatoms. The molecule has 3 heterocycles. The van der Waals surface area contributed by atoms with Crippen LogP contribution >= 0.6 is 0 Å². The molecule has 0 unspecified atom stereocenters. The molecule has 1 fully saturated rings. The quantitative estimate of drug-likeness (QED) is 0.706. The number of amides is 2. The number of benzene rings is 1. The number of carbonyl (C=O) groups is 1. The lowest BCUT2D eigenvalue weighted by atomic mass is 10.0. The van der Waals surface area contributed by atoms with Gasteiger partial charge in [-0.1, -0.05) is 6.92 Å². The van der Waals surface area contributed by atoms with E-state index in [1.165, 1.54) is 6.07 Å². The minimum atomic E-state index is -0.475. The Morgan fingerprint density at radius 2 is 2.13 bits per heavy atom. The van der Waals surface area contributed by atoms with E-state index >= 15 is 0 Å². The second-order valence-electron chi connectivity index (χ2n) is 7.45. The van der Waals surface area contributed by atoms with Gasteiger partial charge in [-0.15, -0.1) is 0 Å². The van der Waals surface area contributed by atoms with Gasteiger partial charge in [0.25, 0.3) is 0 Å². The van der Waals surface area contributed by atoms with Gasteiger partial charge in [0.2, 0.25) is 0 Å². The van der Waals surface area contributed by atoms with E-state index < -0.39 is 5.82 Å². The van der Waals surface area contributed by atoms with E-state index in [2.05, 4.69) is 20.3 Å². The van der Waals surface area contributed by atoms with Crippen molar-refractivity contribution in [3.63, 3.8) is 0 Å². The van der Waals surface area contributed by atoms with Crippen LogP contribution in [0.3, 0.4) is 0 Å². The number of anilines is 1. The summed E-state index contributed by atoms with van der Waals surface area (Å²) in [5.74, 6) is 0.264. The van der Waals surface area contributed by atoms with E-state index in [4.69, 9.17) is 4.74 Å². The number of carbonyl (C=O) groups excluding carboxylic acids is 1. The van der Waals surface area contributed by atoms with Crippen LogP contribution in [0.5, 0.6) is 0 Å². The van der Waals surface area contributed by atoms with Crippen molar-refractivity contribution >= 4 is 22.8 Å². The van der Waals surface area contributed by atoms with Gasteiger partial charge in [0.05, 0.1) is 11.8 Å². The molecule has 1 aliphatic heterocycles. The Labute approximate surface area is 174 Å². The van der Waals surface area contributed by atoms with Crippen LogP contribution in [-0.2, 0) is 11.2 Å². The number of nitrogens with zero attached hydrogens (tertiary/aromatic N) is 4. The number of hydrogen-bond donors (Lipinski definition) is 1. The summed E-state index contributed by atoms with van der Waals surface area (Å²) in [6, 6.07) is 4.67. The van der Waals surface area contributed by atoms with Crippen molar-refractivity contribution in [2.75, 3.05) is 25.5 Å². The average molecular weight is 409 g/mol. The molecule has 2 aromatic heterocycles. The van der Waals surface area contributed by atoms with Crippen LogP contribution in [0.2, 0.25) is 0 Å². The molecule has 1 aliphatic rings. The minimum absolute atomic E-state index is 0.0216. The molecule has 0 bridgehead atoms. The van der Waals surface area contributed by atoms with Gasteiger partial charge in [-0.3, -0.25) is 0 Å². The summed E-state index contributed by atoms with van der Waals surface area (Å²) in [6.45, 7) is 4.90. The van der Waals surface area contributed by atoms with Crippen molar-refractivity contribution in [3.8, 4) is 11.1 Å². The zero-order valence-corrected chi connectivity index (χ0v) is 17.3. The highest BCUT2D eigenvalue weighted by molar-refractivity contribution is 5.91. The maximum Gasteiger partial charge on any atom is 0.322 e. The van der Waals surface area contributed by atoms with Crippen molar-refractivity contribution in [3.05, 3.63) is 47.8 Å². The van der Waals surface area contributed by atoms with Gasteiger partial charge in [0, 0.05) is 50.0 Å². The predicted octanol–water partition coefficient (Wildman–Crippen LogP) is 3.95. The molecule has 0 aliphatic carbocycles. The fourth-order valence-corrected chi connectivity index (χ4v) is 3.65. The van der Waals surface area contributed by atoms with Crippen LogP contribution in [0.15, 0.2) is 30.6 Å². The summed E-state index contributed by atoms with van der Waals surface area (Å²) in [5.41, 5.74) is 3.11. The van der Waals surface area contributed by atoms with Gasteiger partial charge in [-0.2, -0.15) is 0 Å². The molecule has 156 valence electrons. The Bertz CT molecular complexity index is 1100. The van der Waals surface area contributed by atoms with E-state index in [0.29, 0.717) is 18.7 Å². The number of urea groups is 1. The first-order valence-electron chi connectivity index (χ1n) is 9.99. The van der Waals surface area contributed by atoms with Crippen LogP contribution < -0.4 is 5.32 Å². The number of nitrogens with one attached hydrogen (secondary N) is 1. The van der Waals surface area contributed by atoms with Crippen LogP contribution in [0.25, 0.3) is 22.2 Å². The summed E-state index contributed by atoms with van der Waals surface area (Å²) in [4.78, 5) is 27.4. The third-order valence-electron chi connectivity index (χ3n) is 5.43. The average Bonchev–Trinajstić information content (AvgIpc) is 3.24. The van der Waals surface area contributed by atoms with Gasteiger partial charge in [0.15, 0.2) is 5.65 Å². The molecule has 4 rings (SSSR count). The van der Waals surface area contributed by atoms with E-state index in [1.54, 1.807) is 30.5 Å². The van der Waals surface area contributed by atoms with Crippen molar-refractivity contribution in [1.29, 1.82) is 0 Å². The summed E-state index contributed by atoms with van der Waals surface area (Å²) >= 11 is 0. The highest BCUT2D eigenvalue weighted by atomic mass is 19.1. The molecular formula is C22H24FN5O2. The van der Waals surface area contributed by atoms with Crippen LogP contribution in [0, 0.1) is 12.7 Å². The number of aryl methyl sites for hydroxylation is 2. The number of methoxy groups -OCH3 is 1. The molecule has 1 aromatic carbocycles. The SMILES string of the molecule is CCc1ncc2cc(-c3cc(NC(=O)N4CC[C@H](OC)C4)c(F)cc3C)cnc2n1. The maximum absolute atomic E-state index is 14.6. The van der Waals surface area contributed by atoms with E-state index in [1.807, 2.05) is 19.9 Å². The largest absolute Gasteiger partial charge is 0.380 e. The number of hydrogen-bond acceptors (Lipinski definition) is 5. The monoisotopic (exact) mass is 409 g/mol. The molecule has 0 radical (unpaired) electrons. The first-order chi connectivity index (χ1) is 14.5. The normalized spacial score (nSPS) is 16.3. The Morgan fingerprint density at radius 1 is 1.30 bits per heavy atom. The van der Waals surface area contributed by atoms with Crippen molar-refractivity contribution in [1.82, 2.24) is 19.9 Å². The molecule has 7 nitrogen and oxygen atoms in total. The molecule has 0 spiro atoms. The predicted molar refractivity (Wildman–Crippen MR) is 113 cm³/mol. The second-order valence-corrected chi connectivity index (χ2v) is 7.45. The Hall–Kier alpha value is -3.13. The number of rotatable bonds is 4. The maximum atomic E-state index is 14.6. The smallest absolute Gasteiger partial charge is 0.322 e. The lowest BCUT2D eigenvalue weighted by Gasteiger charge is -2.18. The molecule has 0 saturated carbocycles. The third kappa shape index (κ3) is 3.95. The molecule has 30 heavy (non-hydrogen) atoms. The Morgan fingerprint density at radius 3 is 2.87 bits per heavy atom. The number of likely N-dealkylation sites (tertiary alicyclic amines) is 1. The Balaban J connectivity index is 1.63. The highest BCUT2D eigenvalue weighted by Crippen LogP contribution is 2.30. The summed E-state index contributed by atoms with van der Waals surface area (Å²) in [6.07, 6.45) is 4.99. The highest BCUT2D eigenvalue weighted by Gasteiger charge is 2.26. The number of fused-ring (bicyclic) bond motifs is 1. The summed E-state index contributed by atoms with van der Waals surface area (Å²) in [7, 11) is 1.63. The van der Waals surface area contributed by atoms with Gasteiger partial charge < -0.3 is 15.0 Å². The number of pyridine rings is 1. The van der Waals surface area contributed by atoms with Gasteiger partial charge in [-0.25, -0.2) is 24.1 Å². The van der Waals surface area contributed by atoms with E-state index in [9.17, 15) is 9.18 Å². The number of halogens is 1. The van der Waals surface area contributed by atoms with Crippen molar-refractivity contribution < 1.29 is 13.9 Å². The first kappa shape index (κ1) is 20.2. The number of ether oxygens (including phenoxy) is 1. The van der Waals surface area contributed by atoms with Gasteiger partial charge >= 0.3 is 6.03 Å². The fraction of sp³-hybridized carbons (Fsp3) is 0.364. The molecular weight excluding hydrogens is 385 g/mol. The third-order valence-corrected chi connectivity index (χ3v) is 5.43. The molecule has 2 amide bonds. The van der Waals surface area contributed by atoms with Crippen molar-refractivity contribution in [2.24, 2.45) is 0 Å². The lowest BCUT2D eigenvalue weighted by molar-refractivity contribution is 0.111.